The van der Waals surface area contributed by atoms with Crippen molar-refractivity contribution in [1.82, 2.24) is 0 Å². The van der Waals surface area contributed by atoms with E-state index >= 15 is 0 Å². The van der Waals surface area contributed by atoms with Gasteiger partial charge in [-0.25, -0.2) is 0 Å². The Bertz CT molecular complexity index is 916. The molecule has 3 rings (SSSR count). The zero-order valence-electron chi connectivity index (χ0n) is 13.0. The summed E-state index contributed by atoms with van der Waals surface area (Å²) in [5.41, 5.74) is 2.31. The van der Waals surface area contributed by atoms with Crippen LogP contribution in [-0.2, 0) is 6.61 Å². The summed E-state index contributed by atoms with van der Waals surface area (Å²) in [5, 5.41) is 11.5. The molecule has 0 bridgehead atoms. The molecule has 0 radical (unpaired) electrons. The highest BCUT2D eigenvalue weighted by Crippen LogP contribution is 2.41. The van der Waals surface area contributed by atoms with E-state index < -0.39 is 0 Å². The van der Waals surface area contributed by atoms with Crippen LogP contribution in [0, 0.1) is 13.7 Å². The van der Waals surface area contributed by atoms with E-state index in [1.54, 1.807) is 18.2 Å². The summed E-state index contributed by atoms with van der Waals surface area (Å²) >= 11 is 5.47. The lowest BCUT2D eigenvalue weighted by molar-refractivity contribution is -0.385. The Morgan fingerprint density at radius 2 is 1.76 bits per heavy atom. The van der Waals surface area contributed by atoms with Gasteiger partial charge in [-0.2, -0.15) is 0 Å². The first-order valence-electron chi connectivity index (χ1n) is 7.46. The Morgan fingerprint density at radius 1 is 1.00 bits per heavy atom. The van der Waals surface area contributed by atoms with Gasteiger partial charge in [0.15, 0.2) is 0 Å². The Balaban J connectivity index is 2.03. The van der Waals surface area contributed by atoms with Crippen molar-refractivity contribution >= 4 is 44.2 Å². The van der Waals surface area contributed by atoms with Crippen LogP contribution in [-0.4, -0.2) is 4.92 Å². The zero-order chi connectivity index (χ0) is 17.8. The van der Waals surface area contributed by atoms with Crippen LogP contribution < -0.4 is 4.74 Å². The fourth-order valence-corrected chi connectivity index (χ4v) is 3.49. The van der Waals surface area contributed by atoms with Gasteiger partial charge in [-0.05, 0) is 74.4 Å². The third-order valence-corrected chi connectivity index (χ3v) is 4.95. The number of nitro groups is 1. The Hall–Kier alpha value is -1.93. The first kappa shape index (κ1) is 17.9. The molecule has 0 aliphatic carbocycles. The van der Waals surface area contributed by atoms with Gasteiger partial charge >= 0.3 is 0 Å². The summed E-state index contributed by atoms with van der Waals surface area (Å²) in [7, 11) is 0. The average Bonchev–Trinajstić information content (AvgIpc) is 2.61. The molecule has 0 heterocycles. The predicted molar refractivity (Wildman–Crippen MR) is 110 cm³/mol. The highest BCUT2D eigenvalue weighted by Gasteiger charge is 2.22. The smallest absolute Gasteiger partial charge is 0.291 e. The van der Waals surface area contributed by atoms with Gasteiger partial charge < -0.3 is 4.74 Å². The van der Waals surface area contributed by atoms with Gasteiger partial charge in [0, 0.05) is 9.13 Å². The normalized spacial score (nSPS) is 10.5. The summed E-state index contributed by atoms with van der Waals surface area (Å²) in [5.74, 6) is 0.616. The molecule has 126 valence electrons. The Kier molecular flexibility index (Phi) is 5.70. The van der Waals surface area contributed by atoms with Gasteiger partial charge in [-0.15, -0.1) is 0 Å². The van der Waals surface area contributed by atoms with Crippen molar-refractivity contribution in [1.29, 1.82) is 0 Å². The molecule has 0 aliphatic rings. The molecule has 3 aromatic carbocycles. The van der Waals surface area contributed by atoms with E-state index in [0.29, 0.717) is 28.0 Å². The lowest BCUT2D eigenvalue weighted by Gasteiger charge is -2.13. The molecule has 0 unspecified atom stereocenters. The van der Waals surface area contributed by atoms with Crippen molar-refractivity contribution in [2.75, 3.05) is 0 Å². The maximum Gasteiger partial charge on any atom is 0.291 e. The minimum absolute atomic E-state index is 0.0362. The number of para-hydroxylation sites is 1. The van der Waals surface area contributed by atoms with E-state index in [0.717, 1.165) is 9.13 Å². The highest BCUT2D eigenvalue weighted by atomic mass is 127. The molecule has 3 aromatic rings. The lowest BCUT2D eigenvalue weighted by Crippen LogP contribution is -1.99. The second kappa shape index (κ2) is 7.97. The van der Waals surface area contributed by atoms with Gasteiger partial charge in [0.1, 0.15) is 12.4 Å². The molecule has 0 amide bonds. The van der Waals surface area contributed by atoms with E-state index in [9.17, 15) is 10.1 Å². The van der Waals surface area contributed by atoms with Gasteiger partial charge in [0.2, 0.25) is 0 Å². The van der Waals surface area contributed by atoms with Crippen LogP contribution in [0.5, 0.6) is 5.75 Å². The molecule has 6 heteroatoms. The Morgan fingerprint density at radius 3 is 2.48 bits per heavy atom. The molecule has 0 aliphatic heterocycles. The summed E-state index contributed by atoms with van der Waals surface area (Å²) in [6.07, 6.45) is 0. The maximum absolute atomic E-state index is 11.5. The largest absolute Gasteiger partial charge is 0.488 e. The zero-order valence-corrected chi connectivity index (χ0v) is 16.7. The van der Waals surface area contributed by atoms with Gasteiger partial charge in [0.05, 0.1) is 15.0 Å². The van der Waals surface area contributed by atoms with Crippen molar-refractivity contribution < 1.29 is 9.66 Å². The monoisotopic (exact) mass is 509 g/mol. The van der Waals surface area contributed by atoms with Crippen molar-refractivity contribution in [2.24, 2.45) is 0 Å². The average molecular weight is 510 g/mol. The summed E-state index contributed by atoms with van der Waals surface area (Å²) < 4.78 is 7.39. The van der Waals surface area contributed by atoms with E-state index in [2.05, 4.69) is 38.5 Å². The molecular formula is C19H13BrINO3. The fourth-order valence-electron chi connectivity index (χ4n) is 2.49. The number of ether oxygens (including phenoxy) is 1. The van der Waals surface area contributed by atoms with Crippen LogP contribution in [0.1, 0.15) is 5.56 Å². The maximum atomic E-state index is 11.5. The summed E-state index contributed by atoms with van der Waals surface area (Å²) in [6, 6.07) is 20.7. The first-order valence-corrected chi connectivity index (χ1v) is 9.33. The van der Waals surface area contributed by atoms with Crippen molar-refractivity contribution in [3.05, 3.63) is 90.5 Å². The number of rotatable bonds is 5. The van der Waals surface area contributed by atoms with E-state index in [4.69, 9.17) is 4.74 Å². The minimum atomic E-state index is -0.375. The van der Waals surface area contributed by atoms with Crippen LogP contribution in [0.25, 0.3) is 11.1 Å². The predicted octanol–water partition coefficient (Wildman–Crippen LogP) is 6.21. The number of hydrogen-bond donors (Lipinski definition) is 0. The summed E-state index contributed by atoms with van der Waals surface area (Å²) in [6.45, 7) is 0.399. The minimum Gasteiger partial charge on any atom is -0.488 e. The van der Waals surface area contributed by atoms with Gasteiger partial charge in [-0.3, -0.25) is 10.1 Å². The van der Waals surface area contributed by atoms with E-state index in [1.165, 1.54) is 0 Å². The van der Waals surface area contributed by atoms with E-state index in [1.807, 2.05) is 48.5 Å². The standard InChI is InChI=1S/C19H13BrINO3/c20-17-8-4-7-15(19(17)22(23)24)16-11-14(21)9-10-18(16)25-12-13-5-2-1-3-6-13/h1-11H,12H2. The SMILES string of the molecule is O=[N+]([O-])c1c(Br)cccc1-c1cc(I)ccc1OCc1ccccc1. The lowest BCUT2D eigenvalue weighted by atomic mass is 10.0. The first-order chi connectivity index (χ1) is 12.1. The van der Waals surface area contributed by atoms with Gasteiger partial charge in [0.25, 0.3) is 5.69 Å². The van der Waals surface area contributed by atoms with Crippen molar-refractivity contribution in [2.45, 2.75) is 6.61 Å². The molecule has 0 spiro atoms. The van der Waals surface area contributed by atoms with Crippen molar-refractivity contribution in [3.63, 3.8) is 0 Å². The number of hydrogen-bond acceptors (Lipinski definition) is 3. The third kappa shape index (κ3) is 4.19. The second-order valence-electron chi connectivity index (χ2n) is 5.31. The topological polar surface area (TPSA) is 52.4 Å². The van der Waals surface area contributed by atoms with Crippen molar-refractivity contribution in [3.8, 4) is 16.9 Å². The Labute approximate surface area is 167 Å². The highest BCUT2D eigenvalue weighted by molar-refractivity contribution is 14.1. The van der Waals surface area contributed by atoms with Crippen LogP contribution in [0.4, 0.5) is 5.69 Å². The molecule has 0 aromatic heterocycles. The number of nitrogens with zero attached hydrogens (tertiary/aromatic N) is 1. The summed E-state index contributed by atoms with van der Waals surface area (Å²) in [4.78, 5) is 11.1. The van der Waals surface area contributed by atoms with Gasteiger partial charge in [-0.1, -0.05) is 36.4 Å². The molecule has 4 nitrogen and oxygen atoms in total. The number of benzene rings is 3. The third-order valence-electron chi connectivity index (χ3n) is 3.64. The molecule has 0 N–H and O–H groups in total. The van der Waals surface area contributed by atoms with Crippen LogP contribution in [0.15, 0.2) is 71.2 Å². The molecule has 25 heavy (non-hydrogen) atoms. The van der Waals surface area contributed by atoms with E-state index in [-0.39, 0.29) is 10.6 Å². The number of halogens is 2. The van der Waals surface area contributed by atoms with Crippen LogP contribution in [0.3, 0.4) is 0 Å². The molecule has 0 saturated heterocycles. The molecule has 0 atom stereocenters. The molecular weight excluding hydrogens is 497 g/mol. The molecule has 0 fully saturated rings. The van der Waals surface area contributed by atoms with Crippen LogP contribution >= 0.6 is 38.5 Å². The quantitative estimate of drug-likeness (QED) is 0.233. The van der Waals surface area contributed by atoms with Crippen LogP contribution in [0.2, 0.25) is 0 Å². The second-order valence-corrected chi connectivity index (χ2v) is 7.41. The molecule has 0 saturated carbocycles. The number of nitro benzene ring substituents is 1. The fraction of sp³-hybridized carbons (Fsp3) is 0.0526.